The van der Waals surface area contributed by atoms with Crippen LogP contribution >= 0.6 is 0 Å². The van der Waals surface area contributed by atoms with Gasteiger partial charge in [-0.25, -0.2) is 4.39 Å². The number of rotatable bonds is 3. The van der Waals surface area contributed by atoms with Crippen molar-refractivity contribution in [2.24, 2.45) is 11.8 Å². The van der Waals surface area contributed by atoms with Gasteiger partial charge in [-0.3, -0.25) is 9.80 Å². The molecule has 0 aromatic carbocycles. The van der Waals surface area contributed by atoms with E-state index in [1.807, 2.05) is 4.90 Å². The highest BCUT2D eigenvalue weighted by atomic mass is 19.1. The van der Waals surface area contributed by atoms with Crippen LogP contribution in [0.3, 0.4) is 0 Å². The average molecular weight is 270 g/mol. The van der Waals surface area contributed by atoms with Crippen molar-refractivity contribution in [3.63, 3.8) is 0 Å². The molecule has 1 aliphatic carbocycles. The molecule has 0 radical (unpaired) electrons. The van der Waals surface area contributed by atoms with Crippen molar-refractivity contribution in [2.45, 2.75) is 71.8 Å². The minimum Gasteiger partial charge on any atom is -0.295 e. The molecule has 1 aliphatic heterocycles. The number of alkyl halides is 1. The van der Waals surface area contributed by atoms with Gasteiger partial charge in [-0.15, -0.1) is 0 Å². The van der Waals surface area contributed by atoms with E-state index in [2.05, 4.69) is 32.6 Å². The third kappa shape index (κ3) is 3.69. The molecule has 0 N–H and O–H groups in total. The third-order valence-corrected chi connectivity index (χ3v) is 5.25. The molecule has 2 fully saturated rings. The molecule has 1 saturated heterocycles. The van der Waals surface area contributed by atoms with E-state index in [0.717, 1.165) is 24.9 Å². The molecular weight excluding hydrogens is 239 g/mol. The number of nitrogens with zero attached hydrogens (tertiary/aromatic N) is 2. The summed E-state index contributed by atoms with van der Waals surface area (Å²) in [6.07, 6.45) is 4.46. The smallest absolute Gasteiger partial charge is 0.166 e. The third-order valence-electron chi connectivity index (χ3n) is 5.25. The highest BCUT2D eigenvalue weighted by Gasteiger charge is 2.34. The lowest BCUT2D eigenvalue weighted by Gasteiger charge is -2.45. The molecule has 0 aromatic rings. The van der Waals surface area contributed by atoms with Crippen molar-refractivity contribution in [1.82, 2.24) is 9.80 Å². The fourth-order valence-corrected chi connectivity index (χ4v) is 3.82. The average Bonchev–Trinajstić information content (AvgIpc) is 2.38. The van der Waals surface area contributed by atoms with Gasteiger partial charge in [0.2, 0.25) is 0 Å². The first-order valence-electron chi connectivity index (χ1n) is 8.13. The molecular formula is C16H31FN2. The Morgan fingerprint density at radius 2 is 1.58 bits per heavy atom. The molecule has 2 nitrogen and oxygen atoms in total. The Hall–Kier alpha value is -0.150. The lowest BCUT2D eigenvalue weighted by Crippen LogP contribution is -2.56. The van der Waals surface area contributed by atoms with Crippen molar-refractivity contribution >= 4 is 0 Å². The van der Waals surface area contributed by atoms with E-state index in [9.17, 15) is 4.39 Å². The zero-order chi connectivity index (χ0) is 14.0. The van der Waals surface area contributed by atoms with Crippen molar-refractivity contribution in [2.75, 3.05) is 19.6 Å². The first-order valence-corrected chi connectivity index (χ1v) is 8.13. The zero-order valence-electron chi connectivity index (χ0n) is 13.1. The van der Waals surface area contributed by atoms with E-state index in [1.165, 1.54) is 25.7 Å². The summed E-state index contributed by atoms with van der Waals surface area (Å²) in [5.74, 6) is 1.71. The quantitative estimate of drug-likeness (QED) is 0.724. The number of halogens is 1. The maximum absolute atomic E-state index is 14.2. The Kier molecular flexibility index (Phi) is 5.24. The second-order valence-corrected chi connectivity index (χ2v) is 7.07. The summed E-state index contributed by atoms with van der Waals surface area (Å²) in [5.41, 5.74) is 0. The highest BCUT2D eigenvalue weighted by molar-refractivity contribution is 4.86. The van der Waals surface area contributed by atoms with Crippen LogP contribution in [-0.4, -0.2) is 47.8 Å². The zero-order valence-corrected chi connectivity index (χ0v) is 13.1. The summed E-state index contributed by atoms with van der Waals surface area (Å²) in [6, 6.07) is 0.969. The van der Waals surface area contributed by atoms with Crippen LogP contribution in [0.5, 0.6) is 0 Å². The van der Waals surface area contributed by atoms with Crippen LogP contribution in [0.2, 0.25) is 0 Å². The van der Waals surface area contributed by atoms with Crippen LogP contribution in [0.25, 0.3) is 0 Å². The van der Waals surface area contributed by atoms with Gasteiger partial charge in [-0.1, -0.05) is 13.8 Å². The largest absolute Gasteiger partial charge is 0.295 e. The highest BCUT2D eigenvalue weighted by Crippen LogP contribution is 2.33. The lowest BCUT2D eigenvalue weighted by atomic mass is 9.79. The summed E-state index contributed by atoms with van der Waals surface area (Å²) in [4.78, 5) is 4.41. The van der Waals surface area contributed by atoms with E-state index in [-0.39, 0.29) is 0 Å². The first-order chi connectivity index (χ1) is 8.99. The Bertz CT molecular complexity index is 272. The maximum Gasteiger partial charge on any atom is 0.166 e. The van der Waals surface area contributed by atoms with Crippen LogP contribution in [0.1, 0.15) is 53.4 Å². The van der Waals surface area contributed by atoms with Crippen LogP contribution in [0.4, 0.5) is 4.39 Å². The molecule has 2 rings (SSSR count). The molecule has 1 saturated carbocycles. The summed E-state index contributed by atoms with van der Waals surface area (Å²) in [5, 5.41) is 0. The molecule has 2 aliphatic rings. The SMILES string of the molecule is CC(C)C1CCC(N2CCN(C(C)C)[C@@H](F)C2)CC1. The molecule has 0 unspecified atom stereocenters. The summed E-state index contributed by atoms with van der Waals surface area (Å²) in [7, 11) is 0. The van der Waals surface area contributed by atoms with Crippen molar-refractivity contribution in [3.05, 3.63) is 0 Å². The van der Waals surface area contributed by atoms with Crippen LogP contribution in [-0.2, 0) is 0 Å². The van der Waals surface area contributed by atoms with Crippen LogP contribution < -0.4 is 0 Å². The van der Waals surface area contributed by atoms with Gasteiger partial charge in [-0.2, -0.15) is 0 Å². The van der Waals surface area contributed by atoms with Crippen molar-refractivity contribution in [1.29, 1.82) is 0 Å². The predicted molar refractivity (Wildman–Crippen MR) is 78.9 cm³/mol. The molecule has 0 bridgehead atoms. The van der Waals surface area contributed by atoms with Crippen molar-refractivity contribution in [3.8, 4) is 0 Å². The topological polar surface area (TPSA) is 6.48 Å². The second-order valence-electron chi connectivity index (χ2n) is 7.07. The fraction of sp³-hybridized carbons (Fsp3) is 1.00. The monoisotopic (exact) mass is 270 g/mol. The van der Waals surface area contributed by atoms with Gasteiger partial charge >= 0.3 is 0 Å². The molecule has 0 amide bonds. The van der Waals surface area contributed by atoms with Gasteiger partial charge in [0.15, 0.2) is 6.30 Å². The number of hydrogen-bond donors (Lipinski definition) is 0. The van der Waals surface area contributed by atoms with Crippen molar-refractivity contribution < 1.29 is 4.39 Å². The summed E-state index contributed by atoms with van der Waals surface area (Å²) >= 11 is 0. The van der Waals surface area contributed by atoms with Gasteiger partial charge in [-0.05, 0) is 51.4 Å². The van der Waals surface area contributed by atoms with Gasteiger partial charge < -0.3 is 0 Å². The standard InChI is InChI=1S/C16H31FN2/c1-12(2)14-5-7-15(8-6-14)18-9-10-19(13(3)4)16(17)11-18/h12-16H,5-11H2,1-4H3/t14?,15?,16-/m1/s1. The minimum absolute atomic E-state index is 0.328. The van der Waals surface area contributed by atoms with E-state index in [4.69, 9.17) is 0 Å². The van der Waals surface area contributed by atoms with E-state index >= 15 is 0 Å². The van der Waals surface area contributed by atoms with Gasteiger partial charge in [0.1, 0.15) is 0 Å². The van der Waals surface area contributed by atoms with Gasteiger partial charge in [0.05, 0.1) is 0 Å². The van der Waals surface area contributed by atoms with E-state index in [1.54, 1.807) is 0 Å². The predicted octanol–water partition coefficient (Wildman–Crippen LogP) is 3.52. The summed E-state index contributed by atoms with van der Waals surface area (Å²) < 4.78 is 14.2. The Morgan fingerprint density at radius 1 is 0.947 bits per heavy atom. The first kappa shape index (κ1) is 15.2. The van der Waals surface area contributed by atoms with Gasteiger partial charge in [0.25, 0.3) is 0 Å². The Labute approximate surface area is 118 Å². The normalized spacial score (nSPS) is 35.2. The van der Waals surface area contributed by atoms with Gasteiger partial charge in [0, 0.05) is 31.7 Å². The molecule has 1 heterocycles. The molecule has 0 spiro atoms. The molecule has 3 heteroatoms. The Morgan fingerprint density at radius 3 is 2.05 bits per heavy atom. The second kappa shape index (κ2) is 6.53. The van der Waals surface area contributed by atoms with E-state index in [0.29, 0.717) is 18.6 Å². The van der Waals surface area contributed by atoms with Crippen LogP contribution in [0.15, 0.2) is 0 Å². The minimum atomic E-state index is -0.767. The molecule has 1 atom stereocenters. The fourth-order valence-electron chi connectivity index (χ4n) is 3.82. The molecule has 112 valence electrons. The molecule has 19 heavy (non-hydrogen) atoms. The number of hydrogen-bond acceptors (Lipinski definition) is 2. The number of piperazine rings is 1. The van der Waals surface area contributed by atoms with Crippen LogP contribution in [0, 0.1) is 11.8 Å². The lowest BCUT2D eigenvalue weighted by molar-refractivity contribution is -0.0412. The van der Waals surface area contributed by atoms with E-state index < -0.39 is 6.30 Å². The Balaban J connectivity index is 1.82. The maximum atomic E-state index is 14.2. The molecule has 0 aromatic heterocycles. The summed E-state index contributed by atoms with van der Waals surface area (Å²) in [6.45, 7) is 11.4.